The summed E-state index contributed by atoms with van der Waals surface area (Å²) >= 11 is 0. The number of rotatable bonds is 2. The summed E-state index contributed by atoms with van der Waals surface area (Å²) in [4.78, 5) is 0. The van der Waals surface area contributed by atoms with Crippen molar-refractivity contribution >= 4 is 0 Å². The molecule has 0 spiro atoms. The van der Waals surface area contributed by atoms with Gasteiger partial charge in [0.25, 0.3) is 0 Å². The Bertz CT molecular complexity index is 198. The fraction of sp³-hybridized carbons (Fsp3) is 0.800. The fourth-order valence-electron chi connectivity index (χ4n) is 2.09. The molecule has 1 atom stereocenters. The zero-order valence-electron chi connectivity index (χ0n) is 7.42. The molecule has 0 aliphatic heterocycles. The molecule has 2 fully saturated rings. The molecular formula is C10H17NO. The van der Waals surface area contributed by atoms with Gasteiger partial charge in [-0.3, -0.25) is 0 Å². The van der Waals surface area contributed by atoms with Crippen LogP contribution < -0.4 is 5.73 Å². The van der Waals surface area contributed by atoms with Gasteiger partial charge in [0.2, 0.25) is 0 Å². The average molecular weight is 167 g/mol. The molecule has 2 nitrogen and oxygen atoms in total. The van der Waals surface area contributed by atoms with Crippen molar-refractivity contribution in [3.05, 3.63) is 11.3 Å². The summed E-state index contributed by atoms with van der Waals surface area (Å²) in [5, 5.41) is 9.67. The van der Waals surface area contributed by atoms with E-state index in [1.54, 1.807) is 0 Å². The Kier molecular flexibility index (Phi) is 2.09. The Balaban J connectivity index is 1.98. The largest absolute Gasteiger partial charge is 0.511 e. The van der Waals surface area contributed by atoms with Crippen LogP contribution in [0.3, 0.4) is 0 Å². The first-order valence-electron chi connectivity index (χ1n) is 4.95. The number of hydrogen-bond acceptors (Lipinski definition) is 2. The Morgan fingerprint density at radius 3 is 2.42 bits per heavy atom. The Morgan fingerprint density at radius 2 is 1.92 bits per heavy atom. The van der Waals surface area contributed by atoms with Gasteiger partial charge in [-0.15, -0.1) is 0 Å². The average Bonchev–Trinajstić information content (AvgIpc) is 2.79. The quantitative estimate of drug-likeness (QED) is 0.619. The molecule has 2 saturated carbocycles. The first kappa shape index (κ1) is 8.11. The van der Waals surface area contributed by atoms with Crippen molar-refractivity contribution in [3.8, 4) is 0 Å². The van der Waals surface area contributed by atoms with Crippen molar-refractivity contribution in [1.82, 2.24) is 0 Å². The summed E-state index contributed by atoms with van der Waals surface area (Å²) in [6, 6.07) is -0.0509. The predicted molar refractivity (Wildman–Crippen MR) is 48.8 cm³/mol. The van der Waals surface area contributed by atoms with E-state index in [1.165, 1.54) is 31.3 Å². The highest BCUT2D eigenvalue weighted by Crippen LogP contribution is 2.36. The lowest BCUT2D eigenvalue weighted by Gasteiger charge is -2.17. The van der Waals surface area contributed by atoms with Crippen LogP contribution in [0.4, 0.5) is 0 Å². The maximum Gasteiger partial charge on any atom is 0.108 e. The molecule has 3 N–H and O–H groups in total. The summed E-state index contributed by atoms with van der Waals surface area (Å²) in [7, 11) is 0. The highest BCUT2D eigenvalue weighted by molar-refractivity contribution is 5.24. The van der Waals surface area contributed by atoms with Crippen molar-refractivity contribution < 1.29 is 5.11 Å². The van der Waals surface area contributed by atoms with Crippen LogP contribution in [0.1, 0.15) is 38.5 Å². The molecule has 68 valence electrons. The van der Waals surface area contributed by atoms with E-state index in [-0.39, 0.29) is 6.04 Å². The molecule has 2 aliphatic carbocycles. The lowest BCUT2D eigenvalue weighted by molar-refractivity contribution is 0.314. The van der Waals surface area contributed by atoms with E-state index in [4.69, 9.17) is 5.73 Å². The van der Waals surface area contributed by atoms with Gasteiger partial charge in [0.1, 0.15) is 5.76 Å². The summed E-state index contributed by atoms with van der Waals surface area (Å²) in [6.45, 7) is 0. The minimum absolute atomic E-state index is 0.0509. The highest BCUT2D eigenvalue weighted by atomic mass is 16.3. The van der Waals surface area contributed by atoms with Crippen LogP contribution in [0.2, 0.25) is 0 Å². The van der Waals surface area contributed by atoms with Crippen LogP contribution in [-0.2, 0) is 0 Å². The molecule has 2 aliphatic rings. The SMILES string of the molecule is NC(C(O)=C1CC1)C1CCCC1. The van der Waals surface area contributed by atoms with E-state index >= 15 is 0 Å². The molecule has 0 heterocycles. The molecular weight excluding hydrogens is 150 g/mol. The van der Waals surface area contributed by atoms with Gasteiger partial charge in [0.05, 0.1) is 6.04 Å². The monoisotopic (exact) mass is 167 g/mol. The smallest absolute Gasteiger partial charge is 0.108 e. The molecule has 0 aromatic heterocycles. The number of nitrogens with two attached hydrogens (primary N) is 1. The molecule has 2 heteroatoms. The normalized spacial score (nSPS) is 25.9. The van der Waals surface area contributed by atoms with Crippen LogP contribution in [0, 0.1) is 5.92 Å². The number of aliphatic hydroxyl groups excluding tert-OH is 1. The van der Waals surface area contributed by atoms with Crippen LogP contribution in [0.5, 0.6) is 0 Å². The van der Waals surface area contributed by atoms with E-state index in [0.717, 1.165) is 12.8 Å². The van der Waals surface area contributed by atoms with Gasteiger partial charge in [0, 0.05) is 0 Å². The van der Waals surface area contributed by atoms with E-state index in [2.05, 4.69) is 0 Å². The van der Waals surface area contributed by atoms with E-state index in [0.29, 0.717) is 11.7 Å². The van der Waals surface area contributed by atoms with Gasteiger partial charge < -0.3 is 10.8 Å². The first-order chi connectivity index (χ1) is 5.79. The van der Waals surface area contributed by atoms with E-state index < -0.39 is 0 Å². The van der Waals surface area contributed by atoms with Crippen molar-refractivity contribution in [2.75, 3.05) is 0 Å². The van der Waals surface area contributed by atoms with Crippen molar-refractivity contribution in [2.45, 2.75) is 44.6 Å². The maximum atomic E-state index is 9.67. The third kappa shape index (κ3) is 1.48. The van der Waals surface area contributed by atoms with Gasteiger partial charge in [-0.25, -0.2) is 0 Å². The molecule has 0 radical (unpaired) electrons. The molecule has 0 aromatic rings. The Labute approximate surface area is 73.5 Å². The van der Waals surface area contributed by atoms with Gasteiger partial charge >= 0.3 is 0 Å². The topological polar surface area (TPSA) is 46.2 Å². The lowest BCUT2D eigenvalue weighted by Crippen LogP contribution is -2.30. The Morgan fingerprint density at radius 1 is 1.33 bits per heavy atom. The van der Waals surface area contributed by atoms with Gasteiger partial charge in [0.15, 0.2) is 0 Å². The molecule has 0 amide bonds. The van der Waals surface area contributed by atoms with Crippen molar-refractivity contribution in [1.29, 1.82) is 0 Å². The molecule has 1 unspecified atom stereocenters. The van der Waals surface area contributed by atoms with Crippen LogP contribution >= 0.6 is 0 Å². The van der Waals surface area contributed by atoms with Crippen LogP contribution in [0.25, 0.3) is 0 Å². The molecule has 0 bridgehead atoms. The van der Waals surface area contributed by atoms with Crippen LogP contribution in [0.15, 0.2) is 11.3 Å². The molecule has 2 rings (SSSR count). The number of aliphatic hydroxyl groups is 1. The third-order valence-corrected chi connectivity index (χ3v) is 3.09. The highest BCUT2D eigenvalue weighted by Gasteiger charge is 2.29. The third-order valence-electron chi connectivity index (χ3n) is 3.09. The second-order valence-corrected chi connectivity index (χ2v) is 4.06. The molecule has 12 heavy (non-hydrogen) atoms. The van der Waals surface area contributed by atoms with Gasteiger partial charge in [-0.2, -0.15) is 0 Å². The first-order valence-corrected chi connectivity index (χ1v) is 4.95. The zero-order valence-corrected chi connectivity index (χ0v) is 7.42. The van der Waals surface area contributed by atoms with Gasteiger partial charge in [-0.05, 0) is 37.2 Å². The van der Waals surface area contributed by atoms with Crippen molar-refractivity contribution in [2.24, 2.45) is 11.7 Å². The fourth-order valence-corrected chi connectivity index (χ4v) is 2.09. The summed E-state index contributed by atoms with van der Waals surface area (Å²) in [5.41, 5.74) is 7.16. The minimum Gasteiger partial charge on any atom is -0.511 e. The van der Waals surface area contributed by atoms with Crippen LogP contribution in [-0.4, -0.2) is 11.1 Å². The summed E-state index contributed by atoms with van der Waals surface area (Å²) < 4.78 is 0. The van der Waals surface area contributed by atoms with E-state index in [1.807, 2.05) is 0 Å². The summed E-state index contributed by atoms with van der Waals surface area (Å²) in [6.07, 6.45) is 7.15. The lowest BCUT2D eigenvalue weighted by atomic mass is 9.97. The second kappa shape index (κ2) is 3.09. The number of hydrogen-bond donors (Lipinski definition) is 2. The van der Waals surface area contributed by atoms with Gasteiger partial charge in [-0.1, -0.05) is 12.8 Å². The Hall–Kier alpha value is -0.500. The molecule has 0 aromatic carbocycles. The zero-order chi connectivity index (χ0) is 8.55. The maximum absolute atomic E-state index is 9.67. The molecule has 0 saturated heterocycles. The minimum atomic E-state index is -0.0509. The number of allylic oxidation sites excluding steroid dienone is 1. The van der Waals surface area contributed by atoms with Crippen molar-refractivity contribution in [3.63, 3.8) is 0 Å². The summed E-state index contributed by atoms with van der Waals surface area (Å²) in [5.74, 6) is 1.07. The predicted octanol–water partition coefficient (Wildman–Crippen LogP) is 2.11. The standard InChI is InChI=1S/C10H17NO/c11-9(7-3-1-2-4-7)10(12)8-5-6-8/h7,9,12H,1-6,11H2. The second-order valence-electron chi connectivity index (χ2n) is 4.06. The van der Waals surface area contributed by atoms with E-state index in [9.17, 15) is 5.11 Å².